The van der Waals surface area contributed by atoms with Crippen LogP contribution in [0.2, 0.25) is 10.0 Å². The molecule has 0 fully saturated rings. The van der Waals surface area contributed by atoms with Gasteiger partial charge in [-0.05, 0) is 59.6 Å². The molecule has 10 nitrogen and oxygen atoms in total. The van der Waals surface area contributed by atoms with E-state index in [9.17, 15) is 14.4 Å². The highest BCUT2D eigenvalue weighted by Gasteiger charge is 2.23. The molecule has 178 valence electrons. The van der Waals surface area contributed by atoms with E-state index in [2.05, 4.69) is 42.1 Å². The van der Waals surface area contributed by atoms with Crippen molar-refractivity contribution in [2.45, 2.75) is 20.0 Å². The number of nitrogens with one attached hydrogen (secondary N) is 3. The standard InChI is InChI=1S/C21H19BrCl2N6O4/c1-10-7-12(23)8-13(20(32)29-34-11(2)19(31)25-3)17(10)27-21(33)15-9-16(22)28-30(15)18-14(24)5-4-6-26-18/h4-9,11H,1-3H3,(H,25,31)(H,27,33)(H,29,32). The van der Waals surface area contributed by atoms with Crippen molar-refractivity contribution in [3.05, 3.63) is 68.0 Å². The van der Waals surface area contributed by atoms with Crippen molar-refractivity contribution in [1.29, 1.82) is 0 Å². The molecule has 0 radical (unpaired) electrons. The van der Waals surface area contributed by atoms with Crippen molar-refractivity contribution in [2.75, 3.05) is 12.4 Å². The minimum atomic E-state index is -0.943. The van der Waals surface area contributed by atoms with Crippen LogP contribution >= 0.6 is 39.1 Å². The van der Waals surface area contributed by atoms with Gasteiger partial charge in [-0.2, -0.15) is 5.10 Å². The Morgan fingerprint density at radius 1 is 1.18 bits per heavy atom. The SMILES string of the molecule is CNC(=O)C(C)ONC(=O)c1cc(Cl)cc(C)c1NC(=O)c1cc(Br)nn1-c1ncccc1Cl. The van der Waals surface area contributed by atoms with E-state index >= 15 is 0 Å². The Bertz CT molecular complexity index is 1270. The highest BCUT2D eigenvalue weighted by Crippen LogP contribution is 2.27. The van der Waals surface area contributed by atoms with Gasteiger partial charge in [0.25, 0.3) is 17.7 Å². The molecule has 3 rings (SSSR count). The van der Waals surface area contributed by atoms with E-state index in [0.29, 0.717) is 10.2 Å². The van der Waals surface area contributed by atoms with Crippen molar-refractivity contribution in [1.82, 2.24) is 25.6 Å². The number of benzene rings is 1. The molecule has 1 atom stereocenters. The van der Waals surface area contributed by atoms with Gasteiger partial charge in [0.05, 0.1) is 16.3 Å². The quantitative estimate of drug-likeness (QED) is 0.372. The predicted molar refractivity (Wildman–Crippen MR) is 130 cm³/mol. The van der Waals surface area contributed by atoms with Crippen LogP contribution < -0.4 is 16.1 Å². The summed E-state index contributed by atoms with van der Waals surface area (Å²) in [4.78, 5) is 47.0. The van der Waals surface area contributed by atoms with Gasteiger partial charge in [-0.15, -0.1) is 0 Å². The van der Waals surface area contributed by atoms with Crippen molar-refractivity contribution in [3.63, 3.8) is 0 Å². The van der Waals surface area contributed by atoms with Gasteiger partial charge in [0.1, 0.15) is 10.3 Å². The number of anilines is 1. The van der Waals surface area contributed by atoms with Crippen molar-refractivity contribution in [2.24, 2.45) is 0 Å². The maximum atomic E-state index is 13.2. The molecule has 1 aromatic carbocycles. The number of hydrogen-bond donors (Lipinski definition) is 3. The van der Waals surface area contributed by atoms with Crippen LogP contribution in [-0.4, -0.2) is 45.6 Å². The molecule has 0 aliphatic carbocycles. The fraction of sp³-hybridized carbons (Fsp3) is 0.190. The molecule has 0 bridgehead atoms. The maximum absolute atomic E-state index is 13.2. The Labute approximate surface area is 213 Å². The van der Waals surface area contributed by atoms with Crippen molar-refractivity contribution < 1.29 is 19.2 Å². The molecule has 34 heavy (non-hydrogen) atoms. The maximum Gasteiger partial charge on any atom is 0.277 e. The van der Waals surface area contributed by atoms with Crippen LogP contribution in [0, 0.1) is 6.92 Å². The zero-order valence-electron chi connectivity index (χ0n) is 18.1. The number of halogens is 3. The Balaban J connectivity index is 1.92. The lowest BCUT2D eigenvalue weighted by Crippen LogP contribution is -2.38. The summed E-state index contributed by atoms with van der Waals surface area (Å²) in [5.41, 5.74) is 3.06. The molecular formula is C21H19BrCl2N6O4. The highest BCUT2D eigenvalue weighted by atomic mass is 79.9. The topological polar surface area (TPSA) is 127 Å². The number of amides is 3. The second-order valence-corrected chi connectivity index (χ2v) is 8.63. The fourth-order valence-corrected chi connectivity index (χ4v) is 3.78. The molecule has 0 aliphatic heterocycles. The van der Waals surface area contributed by atoms with E-state index < -0.39 is 23.8 Å². The van der Waals surface area contributed by atoms with Gasteiger partial charge in [0.15, 0.2) is 11.9 Å². The van der Waals surface area contributed by atoms with Gasteiger partial charge in [-0.1, -0.05) is 23.2 Å². The number of hydrogen-bond acceptors (Lipinski definition) is 6. The van der Waals surface area contributed by atoms with Crippen LogP contribution in [0.4, 0.5) is 5.69 Å². The van der Waals surface area contributed by atoms with E-state index in [0.717, 1.165) is 0 Å². The Morgan fingerprint density at radius 3 is 2.59 bits per heavy atom. The predicted octanol–water partition coefficient (Wildman–Crippen LogP) is 3.69. The van der Waals surface area contributed by atoms with Gasteiger partial charge >= 0.3 is 0 Å². The van der Waals surface area contributed by atoms with Crippen molar-refractivity contribution in [3.8, 4) is 5.82 Å². The Kier molecular flexibility index (Phi) is 8.26. The third-order valence-electron chi connectivity index (χ3n) is 4.58. The first-order valence-corrected chi connectivity index (χ1v) is 11.3. The molecule has 0 saturated heterocycles. The number of rotatable bonds is 7. The lowest BCUT2D eigenvalue weighted by Gasteiger charge is -2.16. The number of aromatic nitrogens is 3. The summed E-state index contributed by atoms with van der Waals surface area (Å²) < 4.78 is 1.66. The minimum absolute atomic E-state index is 0.0310. The molecule has 3 aromatic rings. The van der Waals surface area contributed by atoms with Crippen LogP contribution in [0.25, 0.3) is 5.82 Å². The molecule has 0 saturated carbocycles. The third-order valence-corrected chi connectivity index (χ3v) is 5.48. The summed E-state index contributed by atoms with van der Waals surface area (Å²) >= 11 is 15.6. The molecule has 3 N–H and O–H groups in total. The number of carbonyl (C=O) groups is 3. The lowest BCUT2D eigenvalue weighted by atomic mass is 10.1. The zero-order valence-corrected chi connectivity index (χ0v) is 21.2. The van der Waals surface area contributed by atoms with Crippen LogP contribution in [0.3, 0.4) is 0 Å². The Hall–Kier alpha value is -2.99. The summed E-state index contributed by atoms with van der Waals surface area (Å²) in [6.07, 6.45) is 0.575. The van der Waals surface area contributed by atoms with Gasteiger partial charge in [-0.25, -0.2) is 15.1 Å². The normalized spacial score (nSPS) is 11.6. The number of aryl methyl sites for hydroxylation is 1. The van der Waals surface area contributed by atoms with Crippen LogP contribution in [0.5, 0.6) is 0 Å². The molecule has 2 aromatic heterocycles. The lowest BCUT2D eigenvalue weighted by molar-refractivity contribution is -0.134. The van der Waals surface area contributed by atoms with Crippen LogP contribution in [0.15, 0.2) is 41.1 Å². The molecule has 0 aliphatic rings. The van der Waals surface area contributed by atoms with Crippen LogP contribution in [0.1, 0.15) is 33.3 Å². The summed E-state index contributed by atoms with van der Waals surface area (Å²) in [5.74, 6) is -1.47. The Morgan fingerprint density at radius 2 is 1.91 bits per heavy atom. The van der Waals surface area contributed by atoms with Gasteiger partial charge in [-0.3, -0.25) is 19.2 Å². The molecule has 1 unspecified atom stereocenters. The summed E-state index contributed by atoms with van der Waals surface area (Å²) in [7, 11) is 1.44. The number of pyridine rings is 1. The number of carbonyl (C=O) groups excluding carboxylic acids is 3. The van der Waals surface area contributed by atoms with E-state index in [1.165, 1.54) is 37.0 Å². The minimum Gasteiger partial charge on any atom is -0.357 e. The fourth-order valence-electron chi connectivity index (χ4n) is 2.93. The van der Waals surface area contributed by atoms with Gasteiger partial charge in [0, 0.05) is 24.3 Å². The first-order valence-electron chi connectivity index (χ1n) is 9.78. The van der Waals surface area contributed by atoms with Gasteiger partial charge in [0.2, 0.25) is 0 Å². The number of hydroxylamine groups is 1. The summed E-state index contributed by atoms with van der Waals surface area (Å²) in [6, 6.07) is 7.71. The molecule has 13 heteroatoms. The largest absolute Gasteiger partial charge is 0.357 e. The second kappa shape index (κ2) is 11.0. The highest BCUT2D eigenvalue weighted by molar-refractivity contribution is 9.10. The summed E-state index contributed by atoms with van der Waals surface area (Å²) in [6.45, 7) is 3.14. The van der Waals surface area contributed by atoms with Gasteiger partial charge < -0.3 is 10.6 Å². The average molecular weight is 570 g/mol. The average Bonchev–Trinajstić information content (AvgIpc) is 3.19. The van der Waals surface area contributed by atoms with E-state index in [1.54, 1.807) is 25.1 Å². The van der Waals surface area contributed by atoms with E-state index in [1.807, 2.05) is 0 Å². The third kappa shape index (κ3) is 5.73. The monoisotopic (exact) mass is 568 g/mol. The molecule has 3 amide bonds. The second-order valence-electron chi connectivity index (χ2n) is 6.98. The first-order chi connectivity index (χ1) is 16.1. The smallest absolute Gasteiger partial charge is 0.277 e. The molecule has 2 heterocycles. The van der Waals surface area contributed by atoms with Crippen molar-refractivity contribution >= 4 is 62.5 Å². The number of likely N-dealkylation sites (N-methyl/N-ethyl adjacent to an activating group) is 1. The first kappa shape index (κ1) is 25.6. The number of nitrogens with zero attached hydrogens (tertiary/aromatic N) is 3. The summed E-state index contributed by atoms with van der Waals surface area (Å²) in [5, 5.41) is 9.93. The van der Waals surface area contributed by atoms with E-state index in [-0.39, 0.29) is 32.8 Å². The van der Waals surface area contributed by atoms with E-state index in [4.69, 9.17) is 28.0 Å². The zero-order chi connectivity index (χ0) is 25.0. The van der Waals surface area contributed by atoms with Crippen LogP contribution in [-0.2, 0) is 9.63 Å². The molecular weight excluding hydrogens is 551 g/mol. The molecule has 0 spiro atoms.